The van der Waals surface area contributed by atoms with E-state index in [1.165, 1.54) is 18.2 Å². The quantitative estimate of drug-likeness (QED) is 0.742. The van der Waals surface area contributed by atoms with Gasteiger partial charge in [-0.15, -0.1) is 28.3 Å². The third-order valence-electron chi connectivity index (χ3n) is 1.44. The molecule has 0 spiro atoms. The summed E-state index contributed by atoms with van der Waals surface area (Å²) < 4.78 is 21.8. The Morgan fingerprint density at radius 3 is 2.15 bits per heavy atom. The maximum Gasteiger partial charge on any atom is 0.254 e. The highest BCUT2D eigenvalue weighted by Crippen LogP contribution is 2.29. The molecule has 1 aromatic rings. The third kappa shape index (κ3) is 2.57. The number of rotatable bonds is 2. The first-order valence-corrected chi connectivity index (χ1v) is 5.65. The summed E-state index contributed by atoms with van der Waals surface area (Å²) in [4.78, 5) is -1.08. The largest absolute Gasteiger partial charge is 0.254 e. The molecule has 0 atom stereocenters. The van der Waals surface area contributed by atoms with Gasteiger partial charge in [0.25, 0.3) is 10.0 Å². The first-order chi connectivity index (χ1) is 5.93. The summed E-state index contributed by atoms with van der Waals surface area (Å²) in [6, 6.07) is 5.91. The van der Waals surface area contributed by atoms with Crippen molar-refractivity contribution in [1.29, 1.82) is 0 Å². The van der Waals surface area contributed by atoms with Crippen molar-refractivity contribution in [2.75, 3.05) is 0 Å². The molecule has 1 N–H and O–H groups in total. The molecule has 13 heavy (non-hydrogen) atoms. The topological polar surface area (TPSA) is 57.9 Å². The number of nitrogens with one attached hydrogen (secondary N) is 1. The van der Waals surface area contributed by atoms with Crippen LogP contribution in [0.15, 0.2) is 29.2 Å². The highest BCUT2D eigenvalue weighted by molar-refractivity contribution is 7.88. The average molecular weight is 239 g/mol. The minimum atomic E-state index is -4.00. The number of benzene rings is 1. The normalized spacial score (nSPS) is 12.0. The van der Waals surface area contributed by atoms with Gasteiger partial charge in [0.2, 0.25) is 0 Å². The number of sulfonamides is 1. The lowest BCUT2D eigenvalue weighted by Crippen LogP contribution is -2.04. The molecule has 0 amide bonds. The van der Waals surface area contributed by atoms with Crippen LogP contribution in [0.1, 0.15) is 10.4 Å². The van der Waals surface area contributed by atoms with Gasteiger partial charge in [0, 0.05) is 5.56 Å². The molecule has 0 heterocycles. The second-order valence-electron chi connectivity index (χ2n) is 2.34. The molecule has 0 fully saturated rings. The van der Waals surface area contributed by atoms with Gasteiger partial charge < -0.3 is 0 Å². The maximum atomic E-state index is 10.9. The van der Waals surface area contributed by atoms with Gasteiger partial charge in [0.15, 0.2) is 0 Å². The first kappa shape index (κ1) is 10.8. The molecule has 0 bridgehead atoms. The molecule has 3 nitrogen and oxygen atoms in total. The van der Waals surface area contributed by atoms with Crippen LogP contribution in [0, 0.1) is 0 Å². The van der Waals surface area contributed by atoms with Crippen LogP contribution in [0.3, 0.4) is 0 Å². The first-order valence-electron chi connectivity index (χ1n) is 3.29. The van der Waals surface area contributed by atoms with Gasteiger partial charge in [-0.05, 0) is 6.07 Å². The summed E-state index contributed by atoms with van der Waals surface area (Å²) in [6.07, 6.45) is 0. The van der Waals surface area contributed by atoms with Gasteiger partial charge in [-0.25, -0.2) is 8.42 Å². The van der Waals surface area contributed by atoms with Crippen LogP contribution in [0.5, 0.6) is 0 Å². The zero-order valence-corrected chi connectivity index (χ0v) is 8.70. The minimum Gasteiger partial charge on any atom is -0.206 e. The van der Waals surface area contributed by atoms with Crippen LogP contribution in [-0.2, 0) is 10.0 Å². The molecule has 1 radical (unpaired) electrons. The smallest absolute Gasteiger partial charge is 0.206 e. The van der Waals surface area contributed by atoms with E-state index in [0.717, 1.165) is 0 Å². The van der Waals surface area contributed by atoms with Gasteiger partial charge in [-0.1, -0.05) is 18.2 Å². The Morgan fingerprint density at radius 1 is 1.23 bits per heavy atom. The SMILES string of the molecule is [NH]S(=O)(=O)c1ccccc1C(Cl)Cl. The van der Waals surface area contributed by atoms with Gasteiger partial charge >= 0.3 is 0 Å². The van der Waals surface area contributed by atoms with Crippen LogP contribution < -0.4 is 5.14 Å². The number of hydrogen-bond donors (Lipinski definition) is 0. The zero-order valence-electron chi connectivity index (χ0n) is 6.37. The fourth-order valence-corrected chi connectivity index (χ4v) is 2.17. The molecule has 6 heteroatoms. The Balaban J connectivity index is 3.37. The van der Waals surface area contributed by atoms with Crippen molar-refractivity contribution in [3.63, 3.8) is 0 Å². The summed E-state index contributed by atoms with van der Waals surface area (Å²) in [5, 5.41) is 6.86. The maximum absolute atomic E-state index is 10.9. The monoisotopic (exact) mass is 238 g/mol. The summed E-state index contributed by atoms with van der Waals surface area (Å²) in [7, 11) is -4.00. The van der Waals surface area contributed by atoms with Crippen molar-refractivity contribution >= 4 is 33.2 Å². The lowest BCUT2D eigenvalue weighted by molar-refractivity contribution is 0.595. The summed E-state index contributed by atoms with van der Waals surface area (Å²) in [5.41, 5.74) is 0.237. The van der Waals surface area contributed by atoms with E-state index in [4.69, 9.17) is 28.3 Å². The third-order valence-corrected chi connectivity index (χ3v) is 2.86. The number of halogens is 2. The fourth-order valence-electron chi connectivity index (χ4n) is 0.906. The summed E-state index contributed by atoms with van der Waals surface area (Å²) in [5.74, 6) is 0. The highest BCUT2D eigenvalue weighted by atomic mass is 35.5. The van der Waals surface area contributed by atoms with E-state index in [1.807, 2.05) is 0 Å². The average Bonchev–Trinajstić information content (AvgIpc) is 2.03. The van der Waals surface area contributed by atoms with Gasteiger partial charge in [0.05, 0.1) is 4.90 Å². The molecule has 0 unspecified atom stereocenters. The molecular weight excluding hydrogens is 233 g/mol. The van der Waals surface area contributed by atoms with E-state index >= 15 is 0 Å². The van der Waals surface area contributed by atoms with Crippen molar-refractivity contribution in [2.24, 2.45) is 0 Å². The van der Waals surface area contributed by atoms with Gasteiger partial charge in [-0.3, -0.25) is 0 Å². The van der Waals surface area contributed by atoms with Crippen molar-refractivity contribution in [2.45, 2.75) is 9.73 Å². The van der Waals surface area contributed by atoms with Crippen LogP contribution in [0.2, 0.25) is 0 Å². The molecule has 0 saturated heterocycles. The van der Waals surface area contributed by atoms with Crippen molar-refractivity contribution < 1.29 is 8.42 Å². The molecule has 0 aliphatic heterocycles. The highest BCUT2D eigenvalue weighted by Gasteiger charge is 2.17. The summed E-state index contributed by atoms with van der Waals surface area (Å²) in [6.45, 7) is 0. The second kappa shape index (κ2) is 3.84. The van der Waals surface area contributed by atoms with E-state index in [0.29, 0.717) is 0 Å². The lowest BCUT2D eigenvalue weighted by Gasteiger charge is -2.06. The predicted molar refractivity (Wildman–Crippen MR) is 51.2 cm³/mol. The zero-order chi connectivity index (χ0) is 10.1. The molecule has 1 aromatic carbocycles. The Hall–Kier alpha value is -0.290. The molecule has 71 valence electrons. The molecule has 1 rings (SSSR count). The predicted octanol–water partition coefficient (Wildman–Crippen LogP) is 2.13. The standard InChI is InChI=1S/C7H6Cl2NO2S/c8-7(9)5-3-1-2-4-6(5)13(10,11)12/h1-4,7,10H. The second-order valence-corrected chi connectivity index (χ2v) is 4.88. The van der Waals surface area contributed by atoms with Crippen molar-refractivity contribution in [3.05, 3.63) is 29.8 Å². The van der Waals surface area contributed by atoms with Crippen molar-refractivity contribution in [3.8, 4) is 0 Å². The van der Waals surface area contributed by atoms with Crippen LogP contribution >= 0.6 is 23.2 Å². The van der Waals surface area contributed by atoms with E-state index in [1.54, 1.807) is 6.07 Å². The lowest BCUT2D eigenvalue weighted by atomic mass is 10.2. The van der Waals surface area contributed by atoms with E-state index in [9.17, 15) is 8.42 Å². The Labute approximate surface area is 86.5 Å². The van der Waals surface area contributed by atoms with Crippen LogP contribution in [-0.4, -0.2) is 8.42 Å². The number of alkyl halides is 2. The molecule has 0 aliphatic carbocycles. The van der Waals surface area contributed by atoms with E-state index < -0.39 is 14.9 Å². The Kier molecular flexibility index (Phi) is 3.18. The Bertz CT molecular complexity index is 403. The fraction of sp³-hybridized carbons (Fsp3) is 0.143. The van der Waals surface area contributed by atoms with Gasteiger partial charge in [0.1, 0.15) is 4.84 Å². The minimum absolute atomic E-state index is 0.148. The molecule has 0 aliphatic rings. The van der Waals surface area contributed by atoms with E-state index in [2.05, 4.69) is 0 Å². The molecule has 0 aromatic heterocycles. The molecular formula is C7H6Cl2NO2S. The van der Waals surface area contributed by atoms with E-state index in [-0.39, 0.29) is 10.5 Å². The molecule has 0 saturated carbocycles. The Morgan fingerprint density at radius 2 is 1.77 bits per heavy atom. The number of hydrogen-bond acceptors (Lipinski definition) is 2. The van der Waals surface area contributed by atoms with Gasteiger partial charge in [-0.2, -0.15) is 0 Å². The summed E-state index contributed by atoms with van der Waals surface area (Å²) >= 11 is 11.1. The van der Waals surface area contributed by atoms with Crippen LogP contribution in [0.4, 0.5) is 0 Å². The van der Waals surface area contributed by atoms with Crippen molar-refractivity contribution in [1.82, 2.24) is 5.14 Å². The van der Waals surface area contributed by atoms with Crippen LogP contribution in [0.25, 0.3) is 0 Å².